The lowest BCUT2D eigenvalue weighted by atomic mass is 9.99. The van der Waals surface area contributed by atoms with Crippen LogP contribution in [0.3, 0.4) is 0 Å². The van der Waals surface area contributed by atoms with E-state index < -0.39 is 54.5 Å². The Morgan fingerprint density at radius 2 is 1.77 bits per heavy atom. The summed E-state index contributed by atoms with van der Waals surface area (Å²) in [4.78, 5) is 55.2. The van der Waals surface area contributed by atoms with E-state index in [9.17, 15) is 29.4 Å². The average Bonchev–Trinajstić information content (AvgIpc) is 3.25. The van der Waals surface area contributed by atoms with E-state index in [-0.39, 0.29) is 18.1 Å². The van der Waals surface area contributed by atoms with Gasteiger partial charge in [-0.2, -0.15) is 12.6 Å². The lowest BCUT2D eigenvalue weighted by Gasteiger charge is -2.25. The van der Waals surface area contributed by atoms with Crippen molar-refractivity contribution < 1.29 is 29.4 Å². The molecule has 13 heteroatoms. The van der Waals surface area contributed by atoms with Gasteiger partial charge in [-0.1, -0.05) is 20.3 Å². The Bertz CT molecular complexity index is 746. The second kappa shape index (κ2) is 12.9. The highest BCUT2D eigenvalue weighted by Gasteiger charge is 2.31. The molecular formula is C18H30N6O6S. The number of carboxylic acid groups (broad SMARTS) is 1. The molecule has 1 aromatic heterocycles. The van der Waals surface area contributed by atoms with Crippen molar-refractivity contribution in [3.05, 3.63) is 18.2 Å². The van der Waals surface area contributed by atoms with E-state index in [1.807, 2.05) is 0 Å². The number of carboxylic acids is 1. The highest BCUT2D eigenvalue weighted by Crippen LogP contribution is 2.08. The second-order valence-electron chi connectivity index (χ2n) is 7.08. The van der Waals surface area contributed by atoms with Gasteiger partial charge in [-0.25, -0.2) is 9.78 Å². The smallest absolute Gasteiger partial charge is 0.326 e. The van der Waals surface area contributed by atoms with Crippen LogP contribution in [0.4, 0.5) is 0 Å². The number of aromatic amines is 1. The van der Waals surface area contributed by atoms with Gasteiger partial charge in [0.25, 0.3) is 0 Å². The summed E-state index contributed by atoms with van der Waals surface area (Å²) in [5.74, 6) is -3.93. The molecule has 1 heterocycles. The van der Waals surface area contributed by atoms with Crippen LogP contribution in [0.15, 0.2) is 12.5 Å². The van der Waals surface area contributed by atoms with Crippen molar-refractivity contribution in [3.63, 3.8) is 0 Å². The number of hydrogen-bond donors (Lipinski definition) is 8. The SMILES string of the molecule is CCC(C)C(NC(=O)C(CO)NC(=O)C(CS)NC(=O)C(N)Cc1cnc[nH]1)C(=O)O. The molecule has 0 bridgehead atoms. The van der Waals surface area contributed by atoms with E-state index in [4.69, 9.17) is 5.73 Å². The molecule has 0 fully saturated rings. The number of rotatable bonds is 13. The predicted molar refractivity (Wildman–Crippen MR) is 114 cm³/mol. The zero-order chi connectivity index (χ0) is 23.6. The topological polar surface area (TPSA) is 200 Å². The van der Waals surface area contributed by atoms with E-state index in [1.54, 1.807) is 13.8 Å². The quantitative estimate of drug-likeness (QED) is 0.152. The normalized spacial score (nSPS) is 15.8. The molecule has 0 radical (unpaired) electrons. The maximum atomic E-state index is 12.5. The molecule has 3 amide bonds. The van der Waals surface area contributed by atoms with Crippen molar-refractivity contribution in [2.75, 3.05) is 12.4 Å². The number of nitrogens with zero attached hydrogens (tertiary/aromatic N) is 1. The van der Waals surface area contributed by atoms with E-state index in [2.05, 4.69) is 38.5 Å². The number of aliphatic carboxylic acids is 1. The maximum Gasteiger partial charge on any atom is 0.326 e. The number of carbonyl (C=O) groups is 4. The lowest BCUT2D eigenvalue weighted by Crippen LogP contribution is -2.59. The van der Waals surface area contributed by atoms with E-state index in [1.165, 1.54) is 12.5 Å². The molecule has 0 spiro atoms. The number of H-pyrrole nitrogens is 1. The molecular weight excluding hydrogens is 428 g/mol. The minimum absolute atomic E-state index is 0.0985. The van der Waals surface area contributed by atoms with Crippen LogP contribution in [0.5, 0.6) is 0 Å². The summed E-state index contributed by atoms with van der Waals surface area (Å²) >= 11 is 4.04. The molecule has 174 valence electrons. The van der Waals surface area contributed by atoms with E-state index >= 15 is 0 Å². The summed E-state index contributed by atoms with van der Waals surface area (Å²) in [7, 11) is 0. The Morgan fingerprint density at radius 1 is 1.16 bits per heavy atom. The van der Waals surface area contributed by atoms with E-state index in [0.717, 1.165) is 0 Å². The first-order valence-electron chi connectivity index (χ1n) is 9.72. The molecule has 5 unspecified atom stereocenters. The van der Waals surface area contributed by atoms with Gasteiger partial charge in [0.05, 0.1) is 19.0 Å². The summed E-state index contributed by atoms with van der Waals surface area (Å²) in [6.45, 7) is 2.66. The lowest BCUT2D eigenvalue weighted by molar-refractivity contribution is -0.144. The summed E-state index contributed by atoms with van der Waals surface area (Å²) in [5.41, 5.74) is 6.48. The van der Waals surface area contributed by atoms with Gasteiger partial charge in [-0.15, -0.1) is 0 Å². The van der Waals surface area contributed by atoms with Crippen LogP contribution in [0.1, 0.15) is 26.0 Å². The number of nitrogens with one attached hydrogen (secondary N) is 4. The van der Waals surface area contributed by atoms with Crippen LogP contribution in [0.25, 0.3) is 0 Å². The zero-order valence-corrected chi connectivity index (χ0v) is 18.3. The third kappa shape index (κ3) is 8.19. The van der Waals surface area contributed by atoms with E-state index in [0.29, 0.717) is 12.1 Å². The van der Waals surface area contributed by atoms with Gasteiger partial charge in [0.1, 0.15) is 18.1 Å². The number of imidazole rings is 1. The van der Waals surface area contributed by atoms with Crippen molar-refractivity contribution >= 4 is 36.3 Å². The number of aromatic nitrogens is 2. The summed E-state index contributed by atoms with van der Waals surface area (Å²) in [5, 5.41) is 25.8. The van der Waals surface area contributed by atoms with Crippen molar-refractivity contribution in [1.29, 1.82) is 0 Å². The van der Waals surface area contributed by atoms with Gasteiger partial charge >= 0.3 is 5.97 Å². The summed E-state index contributed by atoms with van der Waals surface area (Å²) < 4.78 is 0. The summed E-state index contributed by atoms with van der Waals surface area (Å²) in [6, 6.07) is -4.67. The Hall–Kier alpha value is -2.64. The molecule has 5 atom stereocenters. The fraction of sp³-hybridized carbons (Fsp3) is 0.611. The second-order valence-corrected chi connectivity index (χ2v) is 7.45. The molecule has 0 aliphatic heterocycles. The third-order valence-corrected chi connectivity index (χ3v) is 5.10. The van der Waals surface area contributed by atoms with Crippen molar-refractivity contribution in [2.24, 2.45) is 11.7 Å². The van der Waals surface area contributed by atoms with Crippen LogP contribution in [-0.2, 0) is 25.6 Å². The maximum absolute atomic E-state index is 12.5. The fourth-order valence-electron chi connectivity index (χ4n) is 2.60. The largest absolute Gasteiger partial charge is 0.480 e. The van der Waals surface area contributed by atoms with Gasteiger partial charge < -0.3 is 36.9 Å². The van der Waals surface area contributed by atoms with Gasteiger partial charge in [0, 0.05) is 24.1 Å². The van der Waals surface area contributed by atoms with Crippen LogP contribution in [0, 0.1) is 5.92 Å². The highest BCUT2D eigenvalue weighted by atomic mass is 32.1. The molecule has 8 N–H and O–H groups in total. The standard InChI is InChI=1S/C18H30N6O6S/c1-3-9(2)14(18(29)30)24-16(27)12(6-25)22-17(28)13(7-31)23-15(26)11(19)4-10-5-20-8-21-10/h5,8-9,11-14,25,31H,3-4,6-7,19H2,1-2H3,(H,20,21)(H,22,28)(H,23,26)(H,24,27)(H,29,30). The predicted octanol–water partition coefficient (Wildman–Crippen LogP) is -2.21. The Morgan fingerprint density at radius 3 is 2.26 bits per heavy atom. The molecule has 1 aromatic rings. The van der Waals surface area contributed by atoms with Gasteiger partial charge in [0.15, 0.2) is 0 Å². The molecule has 0 aliphatic carbocycles. The molecule has 0 aromatic carbocycles. The molecule has 0 aliphatic rings. The van der Waals surface area contributed by atoms with Crippen LogP contribution in [0.2, 0.25) is 0 Å². The monoisotopic (exact) mass is 458 g/mol. The number of aliphatic hydroxyl groups excluding tert-OH is 1. The fourth-order valence-corrected chi connectivity index (χ4v) is 2.86. The highest BCUT2D eigenvalue weighted by molar-refractivity contribution is 7.80. The number of nitrogens with two attached hydrogens (primary N) is 1. The summed E-state index contributed by atoms with van der Waals surface area (Å²) in [6.07, 6.45) is 3.63. The minimum Gasteiger partial charge on any atom is -0.480 e. The number of thiol groups is 1. The number of aliphatic hydroxyl groups is 1. The Labute approximate surface area is 185 Å². The Balaban J connectivity index is 2.71. The van der Waals surface area contributed by atoms with Crippen LogP contribution >= 0.6 is 12.6 Å². The van der Waals surface area contributed by atoms with Crippen LogP contribution < -0.4 is 21.7 Å². The number of hydrogen-bond acceptors (Lipinski definition) is 8. The molecule has 1 rings (SSSR count). The molecule has 31 heavy (non-hydrogen) atoms. The zero-order valence-electron chi connectivity index (χ0n) is 17.4. The van der Waals surface area contributed by atoms with Crippen molar-refractivity contribution in [1.82, 2.24) is 25.9 Å². The first-order chi connectivity index (χ1) is 14.6. The molecule has 12 nitrogen and oxygen atoms in total. The van der Waals surface area contributed by atoms with Crippen molar-refractivity contribution in [2.45, 2.75) is 50.9 Å². The number of amides is 3. The minimum atomic E-state index is -1.41. The Kier molecular flexibility index (Phi) is 11.0. The average molecular weight is 459 g/mol. The third-order valence-electron chi connectivity index (χ3n) is 4.74. The van der Waals surface area contributed by atoms with Crippen molar-refractivity contribution in [3.8, 4) is 0 Å². The first-order valence-corrected chi connectivity index (χ1v) is 10.4. The molecule has 0 saturated heterocycles. The van der Waals surface area contributed by atoms with Gasteiger partial charge in [-0.05, 0) is 5.92 Å². The molecule has 0 saturated carbocycles. The van der Waals surface area contributed by atoms with Crippen LogP contribution in [-0.4, -0.2) is 80.4 Å². The number of carbonyl (C=O) groups excluding carboxylic acids is 3. The van der Waals surface area contributed by atoms with Gasteiger partial charge in [-0.3, -0.25) is 14.4 Å². The first kappa shape index (κ1) is 26.4. The van der Waals surface area contributed by atoms with Gasteiger partial charge in [0.2, 0.25) is 17.7 Å².